The van der Waals surface area contributed by atoms with Crippen LogP contribution in [0.4, 0.5) is 17.3 Å². The van der Waals surface area contributed by atoms with Crippen LogP contribution in [0.3, 0.4) is 0 Å². The maximum Gasteiger partial charge on any atom is 0.673 e. The molecule has 0 aliphatic heterocycles. The summed E-state index contributed by atoms with van der Waals surface area (Å²) in [5.74, 6) is 0. The van der Waals surface area contributed by atoms with E-state index in [1.54, 1.807) is 0 Å². The molecule has 0 atom stereocenters. The van der Waals surface area contributed by atoms with E-state index < -0.39 is 7.25 Å². The first kappa shape index (κ1) is 15.7. The third-order valence-corrected chi connectivity index (χ3v) is 0. The van der Waals surface area contributed by atoms with Crippen LogP contribution in [-0.4, -0.2) is 7.25 Å². The van der Waals surface area contributed by atoms with Crippen molar-refractivity contribution < 1.29 is 51.7 Å². The molecule has 0 saturated heterocycles. The van der Waals surface area contributed by atoms with Crippen molar-refractivity contribution in [3.63, 3.8) is 0 Å². The minimum absolute atomic E-state index is 0. The topological polar surface area (TPSA) is 0 Å². The molecule has 0 rings (SSSR count). The van der Waals surface area contributed by atoms with Gasteiger partial charge in [0.25, 0.3) is 0 Å². The van der Waals surface area contributed by atoms with Crippen molar-refractivity contribution in [3.8, 4) is 0 Å². The summed E-state index contributed by atoms with van der Waals surface area (Å²) in [6.07, 6.45) is 0. The SMILES string of the molecule is F[B-](F)(F)F.[Cr].[Cu]. The molecular formula is BCrCuF4-. The predicted octanol–water partition coefficient (Wildman–Crippen LogP) is 1.30. The van der Waals surface area contributed by atoms with E-state index >= 15 is 0 Å². The molecule has 1 radical (unpaired) electrons. The van der Waals surface area contributed by atoms with E-state index in [9.17, 15) is 17.3 Å². The Hall–Kier alpha value is 0.837. The van der Waals surface area contributed by atoms with E-state index in [1.807, 2.05) is 0 Å². The standard InChI is InChI=1S/BF4.Cr.Cu/c2-1(3,4)5;;/q-1;;. The van der Waals surface area contributed by atoms with Gasteiger partial charge in [-0.05, 0) is 0 Å². The van der Waals surface area contributed by atoms with Crippen LogP contribution in [0.5, 0.6) is 0 Å². The van der Waals surface area contributed by atoms with Gasteiger partial charge < -0.3 is 17.3 Å². The maximum absolute atomic E-state index is 9.75. The molecule has 0 unspecified atom stereocenters. The zero-order valence-electron chi connectivity index (χ0n) is 2.80. The van der Waals surface area contributed by atoms with Crippen LogP contribution in [0.15, 0.2) is 0 Å². The Morgan fingerprint density at radius 3 is 0.857 bits per heavy atom. The Morgan fingerprint density at radius 2 is 0.857 bits per heavy atom. The summed E-state index contributed by atoms with van der Waals surface area (Å²) in [6, 6.07) is 0. The smallest absolute Gasteiger partial charge is 0.418 e. The fourth-order valence-corrected chi connectivity index (χ4v) is 0. The van der Waals surface area contributed by atoms with Gasteiger partial charge in [0.15, 0.2) is 0 Å². The first-order chi connectivity index (χ1) is 2.00. The second-order valence-electron chi connectivity index (χ2n) is 0.495. The molecule has 0 nitrogen and oxygen atoms in total. The van der Waals surface area contributed by atoms with E-state index in [2.05, 4.69) is 0 Å². The maximum atomic E-state index is 9.75. The van der Waals surface area contributed by atoms with Gasteiger partial charge in [0.05, 0.1) is 0 Å². The van der Waals surface area contributed by atoms with Gasteiger partial charge in [-0.25, -0.2) is 0 Å². The molecule has 0 spiro atoms. The van der Waals surface area contributed by atoms with Crippen molar-refractivity contribution >= 4 is 7.25 Å². The molecule has 0 fully saturated rings. The summed E-state index contributed by atoms with van der Waals surface area (Å²) < 4.78 is 39.0. The summed E-state index contributed by atoms with van der Waals surface area (Å²) in [7, 11) is -6.00. The average Bonchev–Trinajstić information content (AvgIpc) is 0.722. The van der Waals surface area contributed by atoms with Crippen LogP contribution >= 0.6 is 0 Å². The van der Waals surface area contributed by atoms with Crippen molar-refractivity contribution in [3.05, 3.63) is 0 Å². The Labute approximate surface area is 59.4 Å². The van der Waals surface area contributed by atoms with Gasteiger partial charge in [-0.3, -0.25) is 0 Å². The second kappa shape index (κ2) is 4.98. The van der Waals surface area contributed by atoms with Crippen LogP contribution < -0.4 is 0 Å². The second-order valence-corrected chi connectivity index (χ2v) is 0.495. The zero-order valence-corrected chi connectivity index (χ0v) is 5.02. The normalized spacial score (nSPS) is 8.57. The van der Waals surface area contributed by atoms with Gasteiger partial charge in [0.1, 0.15) is 0 Å². The Kier molecular flexibility index (Phi) is 11.1. The molecule has 0 heterocycles. The summed E-state index contributed by atoms with van der Waals surface area (Å²) in [6.45, 7) is 0. The van der Waals surface area contributed by atoms with Crippen LogP contribution in [0.25, 0.3) is 0 Å². The minimum Gasteiger partial charge on any atom is -0.418 e. The largest absolute Gasteiger partial charge is 0.673 e. The minimum atomic E-state index is -6.00. The van der Waals surface area contributed by atoms with Gasteiger partial charge >= 0.3 is 7.25 Å². The molecule has 0 aromatic heterocycles. The van der Waals surface area contributed by atoms with Crippen LogP contribution in [0.1, 0.15) is 0 Å². The fourth-order valence-electron chi connectivity index (χ4n) is 0. The van der Waals surface area contributed by atoms with E-state index in [0.29, 0.717) is 0 Å². The van der Waals surface area contributed by atoms with Crippen molar-refractivity contribution in [2.45, 2.75) is 0 Å². The van der Waals surface area contributed by atoms with Crippen LogP contribution in [-0.2, 0) is 34.4 Å². The van der Waals surface area contributed by atoms with Gasteiger partial charge in [0, 0.05) is 34.4 Å². The van der Waals surface area contributed by atoms with Crippen LogP contribution in [0.2, 0.25) is 0 Å². The summed E-state index contributed by atoms with van der Waals surface area (Å²) in [4.78, 5) is 0. The third kappa shape index (κ3) is 228. The molecule has 7 heteroatoms. The van der Waals surface area contributed by atoms with Gasteiger partial charge in [-0.15, -0.1) is 0 Å². The molecule has 0 N–H and O–H groups in total. The first-order valence-electron chi connectivity index (χ1n) is 0.873. The number of hydrogen-bond donors (Lipinski definition) is 0. The summed E-state index contributed by atoms with van der Waals surface area (Å²) in [5.41, 5.74) is 0. The molecule has 0 saturated carbocycles. The molecular weight excluding hydrogens is 202 g/mol. The van der Waals surface area contributed by atoms with E-state index in [4.69, 9.17) is 0 Å². The molecule has 0 aromatic carbocycles. The van der Waals surface area contributed by atoms with E-state index in [-0.39, 0.29) is 34.4 Å². The average molecular weight is 202 g/mol. The molecule has 0 aliphatic rings. The van der Waals surface area contributed by atoms with Gasteiger partial charge in [0.2, 0.25) is 0 Å². The van der Waals surface area contributed by atoms with E-state index in [1.165, 1.54) is 0 Å². The fraction of sp³-hybridized carbons (Fsp3) is 0. The number of halogens is 4. The molecule has 0 aromatic rings. The first-order valence-corrected chi connectivity index (χ1v) is 0.873. The molecule has 49 valence electrons. The predicted molar refractivity (Wildman–Crippen MR) is 10.2 cm³/mol. The number of rotatable bonds is 0. The number of hydrogen-bond acceptors (Lipinski definition) is 0. The Balaban J connectivity index is -0.0000000800. The molecule has 0 aliphatic carbocycles. The van der Waals surface area contributed by atoms with Crippen molar-refractivity contribution in [2.24, 2.45) is 0 Å². The monoisotopic (exact) mass is 202 g/mol. The van der Waals surface area contributed by atoms with Crippen LogP contribution in [0, 0.1) is 0 Å². The quantitative estimate of drug-likeness (QED) is 0.410. The van der Waals surface area contributed by atoms with Crippen molar-refractivity contribution in [1.29, 1.82) is 0 Å². The van der Waals surface area contributed by atoms with Gasteiger partial charge in [-0.2, -0.15) is 0 Å². The third-order valence-electron chi connectivity index (χ3n) is 0. The van der Waals surface area contributed by atoms with E-state index in [0.717, 1.165) is 0 Å². The summed E-state index contributed by atoms with van der Waals surface area (Å²) in [5, 5.41) is 0. The Morgan fingerprint density at radius 1 is 0.857 bits per heavy atom. The van der Waals surface area contributed by atoms with Crippen molar-refractivity contribution in [2.75, 3.05) is 0 Å². The summed E-state index contributed by atoms with van der Waals surface area (Å²) >= 11 is 0. The zero-order chi connectivity index (χ0) is 4.50. The van der Waals surface area contributed by atoms with Crippen molar-refractivity contribution in [1.82, 2.24) is 0 Å². The molecule has 0 amide bonds. The molecule has 0 bridgehead atoms. The molecule has 7 heavy (non-hydrogen) atoms. The Bertz CT molecular complexity index is 27.2. The van der Waals surface area contributed by atoms with Gasteiger partial charge in [-0.1, -0.05) is 0 Å².